The van der Waals surface area contributed by atoms with Crippen LogP contribution in [0, 0.1) is 0 Å². The van der Waals surface area contributed by atoms with E-state index in [0.717, 1.165) is 11.3 Å². The number of methoxy groups -OCH3 is 1. The molecule has 1 aromatic heterocycles. The van der Waals surface area contributed by atoms with Crippen LogP contribution < -0.4 is 11.3 Å². The van der Waals surface area contributed by atoms with Gasteiger partial charge in [0.25, 0.3) is 0 Å². The van der Waals surface area contributed by atoms with Crippen LogP contribution in [0.4, 0.5) is 0 Å². The minimum absolute atomic E-state index is 0.177. The summed E-state index contributed by atoms with van der Waals surface area (Å²) in [5.74, 6) is 5.79. The van der Waals surface area contributed by atoms with E-state index >= 15 is 0 Å². The Kier molecular flexibility index (Phi) is 5.36. The summed E-state index contributed by atoms with van der Waals surface area (Å²) in [5.41, 5.74) is 4.67. The number of nitrogens with two attached hydrogens (primary N) is 1. The van der Waals surface area contributed by atoms with Crippen molar-refractivity contribution in [2.75, 3.05) is 7.11 Å². The maximum atomic E-state index is 6.32. The van der Waals surface area contributed by atoms with Gasteiger partial charge in [-0.05, 0) is 19.4 Å². The third-order valence-corrected chi connectivity index (χ3v) is 3.73. The van der Waals surface area contributed by atoms with Crippen molar-refractivity contribution in [3.8, 4) is 0 Å². The Morgan fingerprint density at radius 1 is 1.29 bits per heavy atom. The van der Waals surface area contributed by atoms with E-state index in [2.05, 4.69) is 10.5 Å². The fraction of sp³-hybridized carbons (Fsp3) is 0.400. The number of benzene rings is 1. The molecule has 0 amide bonds. The van der Waals surface area contributed by atoms with Crippen LogP contribution in [0.25, 0.3) is 0 Å². The number of hydrogen-bond acceptors (Lipinski definition) is 4. The van der Waals surface area contributed by atoms with Crippen molar-refractivity contribution in [1.29, 1.82) is 0 Å². The van der Waals surface area contributed by atoms with Crippen molar-refractivity contribution in [2.45, 2.75) is 32.0 Å². The Hall–Kier alpha value is -1.40. The molecular weight excluding hydrogens is 288 g/mol. The predicted molar refractivity (Wildman–Crippen MR) is 83.9 cm³/mol. The van der Waals surface area contributed by atoms with Crippen molar-refractivity contribution in [2.24, 2.45) is 5.84 Å². The van der Waals surface area contributed by atoms with E-state index in [1.54, 1.807) is 13.3 Å². The minimum atomic E-state index is -0.296. The lowest BCUT2D eigenvalue weighted by Gasteiger charge is -2.27. The van der Waals surface area contributed by atoms with Gasteiger partial charge in [0.05, 0.1) is 23.0 Å². The quantitative estimate of drug-likeness (QED) is 0.636. The van der Waals surface area contributed by atoms with Gasteiger partial charge in [0.15, 0.2) is 0 Å². The zero-order chi connectivity index (χ0) is 15.4. The zero-order valence-electron chi connectivity index (χ0n) is 12.5. The van der Waals surface area contributed by atoms with Crippen molar-refractivity contribution < 1.29 is 4.74 Å². The summed E-state index contributed by atoms with van der Waals surface area (Å²) >= 11 is 6.32. The topological polar surface area (TPSA) is 65.1 Å². The predicted octanol–water partition coefficient (Wildman–Crippen LogP) is 3.01. The molecule has 0 radical (unpaired) electrons. The zero-order valence-corrected chi connectivity index (χ0v) is 13.2. The summed E-state index contributed by atoms with van der Waals surface area (Å²) in [6.07, 6.45) is 1.38. The first-order valence-electron chi connectivity index (χ1n) is 6.87. The first kappa shape index (κ1) is 16.0. The van der Waals surface area contributed by atoms with Crippen molar-refractivity contribution in [3.63, 3.8) is 0 Å². The average Bonchev–Trinajstić information content (AvgIpc) is 2.87. The molecule has 1 heterocycles. The molecule has 1 aromatic carbocycles. The Labute approximate surface area is 130 Å². The molecule has 5 nitrogen and oxygen atoms in total. The number of nitrogens with one attached hydrogen (secondary N) is 1. The molecule has 0 spiro atoms. The highest BCUT2D eigenvalue weighted by Gasteiger charge is 2.29. The first-order valence-corrected chi connectivity index (χ1v) is 7.24. The van der Waals surface area contributed by atoms with Gasteiger partial charge >= 0.3 is 0 Å². The molecule has 0 saturated heterocycles. The van der Waals surface area contributed by atoms with Crippen LogP contribution in [0.5, 0.6) is 0 Å². The highest BCUT2D eigenvalue weighted by molar-refractivity contribution is 6.31. The van der Waals surface area contributed by atoms with Gasteiger partial charge in [0.2, 0.25) is 0 Å². The van der Waals surface area contributed by atoms with Crippen LogP contribution in [0.15, 0.2) is 36.5 Å². The largest absolute Gasteiger partial charge is 0.375 e. The van der Waals surface area contributed by atoms with Crippen LogP contribution >= 0.6 is 11.6 Å². The molecule has 0 aliphatic carbocycles. The lowest BCUT2D eigenvalue weighted by molar-refractivity contribution is 0.0642. The van der Waals surface area contributed by atoms with Crippen LogP contribution in [-0.2, 0) is 4.74 Å². The maximum Gasteiger partial charge on any atom is 0.104 e. The summed E-state index contributed by atoms with van der Waals surface area (Å²) in [5, 5.41) is 4.90. The SMILES string of the molecule is COC(c1ccccc1)C(NN)c1c(Cl)cnn1C(C)C. The monoisotopic (exact) mass is 308 g/mol. The molecule has 114 valence electrons. The summed E-state index contributed by atoms with van der Waals surface area (Å²) in [7, 11) is 1.66. The molecule has 21 heavy (non-hydrogen) atoms. The summed E-state index contributed by atoms with van der Waals surface area (Å²) in [4.78, 5) is 0. The molecule has 2 unspecified atom stereocenters. The van der Waals surface area contributed by atoms with E-state index in [4.69, 9.17) is 22.2 Å². The van der Waals surface area contributed by atoms with E-state index in [0.29, 0.717) is 5.02 Å². The third kappa shape index (κ3) is 3.27. The van der Waals surface area contributed by atoms with Gasteiger partial charge in [-0.1, -0.05) is 41.9 Å². The number of hydrogen-bond donors (Lipinski definition) is 2. The van der Waals surface area contributed by atoms with Crippen LogP contribution in [0.2, 0.25) is 5.02 Å². The second kappa shape index (κ2) is 7.04. The maximum absolute atomic E-state index is 6.32. The summed E-state index contributed by atoms with van der Waals surface area (Å²) in [6.45, 7) is 4.09. The minimum Gasteiger partial charge on any atom is -0.375 e. The second-order valence-electron chi connectivity index (χ2n) is 5.13. The Bertz CT molecular complexity index is 570. The van der Waals surface area contributed by atoms with Crippen molar-refractivity contribution >= 4 is 11.6 Å². The molecule has 0 saturated carbocycles. The van der Waals surface area contributed by atoms with Crippen LogP contribution in [0.1, 0.15) is 43.3 Å². The first-order chi connectivity index (χ1) is 10.1. The fourth-order valence-electron chi connectivity index (χ4n) is 2.47. The van der Waals surface area contributed by atoms with Crippen molar-refractivity contribution in [3.05, 3.63) is 52.8 Å². The highest BCUT2D eigenvalue weighted by Crippen LogP contribution is 2.35. The van der Waals surface area contributed by atoms with Gasteiger partial charge in [0, 0.05) is 13.2 Å². The molecular formula is C15H21ClN4O. The van der Waals surface area contributed by atoms with E-state index in [1.165, 1.54) is 0 Å². The number of hydrazine groups is 1. The standard InChI is InChI=1S/C15H21ClN4O/c1-10(2)20-14(12(16)9-18-20)13(19-17)15(21-3)11-7-5-4-6-8-11/h4-10,13,15,19H,17H2,1-3H3. The van der Waals surface area contributed by atoms with Crippen LogP contribution in [-0.4, -0.2) is 16.9 Å². The third-order valence-electron chi connectivity index (χ3n) is 3.44. The van der Waals surface area contributed by atoms with E-state index in [-0.39, 0.29) is 18.2 Å². The van der Waals surface area contributed by atoms with Gasteiger partial charge in [-0.2, -0.15) is 5.10 Å². The van der Waals surface area contributed by atoms with Crippen molar-refractivity contribution in [1.82, 2.24) is 15.2 Å². The van der Waals surface area contributed by atoms with Gasteiger partial charge in [0.1, 0.15) is 6.10 Å². The average molecular weight is 309 g/mol. The van der Waals surface area contributed by atoms with E-state index in [9.17, 15) is 0 Å². The Balaban J connectivity index is 2.45. The molecule has 2 rings (SSSR count). The Morgan fingerprint density at radius 2 is 1.95 bits per heavy atom. The molecule has 6 heteroatoms. The number of halogens is 1. The molecule has 2 atom stereocenters. The normalized spacial score (nSPS) is 14.4. The summed E-state index contributed by atoms with van der Waals surface area (Å²) in [6, 6.07) is 9.79. The summed E-state index contributed by atoms with van der Waals surface area (Å²) < 4.78 is 7.52. The molecule has 0 bridgehead atoms. The second-order valence-corrected chi connectivity index (χ2v) is 5.53. The lowest BCUT2D eigenvalue weighted by Crippen LogP contribution is -2.35. The fourth-order valence-corrected chi connectivity index (χ4v) is 2.72. The van der Waals surface area contributed by atoms with Crippen LogP contribution in [0.3, 0.4) is 0 Å². The Morgan fingerprint density at radius 3 is 2.48 bits per heavy atom. The molecule has 2 aromatic rings. The van der Waals surface area contributed by atoms with Gasteiger partial charge in [-0.15, -0.1) is 0 Å². The number of ether oxygens (including phenoxy) is 1. The highest BCUT2D eigenvalue weighted by atomic mass is 35.5. The molecule has 3 N–H and O–H groups in total. The smallest absolute Gasteiger partial charge is 0.104 e. The molecule has 0 fully saturated rings. The number of rotatable bonds is 6. The number of nitrogens with zero attached hydrogens (tertiary/aromatic N) is 2. The number of aromatic nitrogens is 2. The van der Waals surface area contributed by atoms with Gasteiger partial charge in [-0.25, -0.2) is 5.43 Å². The van der Waals surface area contributed by atoms with Gasteiger partial charge in [-0.3, -0.25) is 10.5 Å². The lowest BCUT2D eigenvalue weighted by atomic mass is 9.99. The molecule has 0 aliphatic heterocycles. The van der Waals surface area contributed by atoms with Gasteiger partial charge < -0.3 is 4.74 Å². The van der Waals surface area contributed by atoms with E-state index in [1.807, 2.05) is 48.9 Å². The van der Waals surface area contributed by atoms with E-state index < -0.39 is 0 Å². The molecule has 0 aliphatic rings.